The molecule has 1 aromatic carbocycles. The van der Waals surface area contributed by atoms with Gasteiger partial charge in [0.25, 0.3) is 0 Å². The third kappa shape index (κ3) is 3.93. The third-order valence-corrected chi connectivity index (χ3v) is 2.92. The summed E-state index contributed by atoms with van der Waals surface area (Å²) < 4.78 is 24.1. The lowest BCUT2D eigenvalue weighted by Gasteiger charge is -2.30. The topological polar surface area (TPSA) is 47.6 Å². The Bertz CT molecular complexity index is 476. The fourth-order valence-corrected chi connectivity index (χ4v) is 1.98. The highest BCUT2D eigenvalue weighted by atomic mass is 19.1. The minimum atomic E-state index is -1.03. The van der Waals surface area contributed by atoms with E-state index in [1.165, 1.54) is 13.2 Å². The zero-order valence-corrected chi connectivity index (χ0v) is 12.6. The molecule has 0 amide bonds. The molecule has 0 fully saturated rings. The van der Waals surface area contributed by atoms with Crippen molar-refractivity contribution in [1.29, 1.82) is 0 Å². The summed E-state index contributed by atoms with van der Waals surface area (Å²) in [6.45, 7) is 7.14. The Morgan fingerprint density at radius 1 is 1.45 bits per heavy atom. The van der Waals surface area contributed by atoms with E-state index < -0.39 is 17.3 Å². The molecule has 0 saturated heterocycles. The maximum atomic E-state index is 13.9. The molecule has 1 rings (SSSR count). The van der Waals surface area contributed by atoms with E-state index in [-0.39, 0.29) is 18.4 Å². The van der Waals surface area contributed by atoms with Gasteiger partial charge in [0.1, 0.15) is 12.1 Å². The maximum Gasteiger partial charge on any atom is 0.329 e. The number of rotatable bonds is 6. The monoisotopic (exact) mass is 283 g/mol. The standard InChI is InChI=1S/C15H22FNO3/c1-10(2)17-15(4,14(18)19-5)9-20-12-8-6-7-11(3)13(12)16/h6-8,10,17H,9H2,1-5H3. The number of halogens is 1. The van der Waals surface area contributed by atoms with Crippen LogP contribution >= 0.6 is 0 Å². The average Bonchev–Trinajstić information content (AvgIpc) is 2.38. The Morgan fingerprint density at radius 2 is 2.10 bits per heavy atom. The number of methoxy groups -OCH3 is 1. The molecular weight excluding hydrogens is 261 g/mol. The van der Waals surface area contributed by atoms with E-state index in [2.05, 4.69) is 5.32 Å². The highest BCUT2D eigenvalue weighted by molar-refractivity contribution is 5.80. The van der Waals surface area contributed by atoms with Gasteiger partial charge >= 0.3 is 5.97 Å². The summed E-state index contributed by atoms with van der Waals surface area (Å²) in [6, 6.07) is 4.97. The van der Waals surface area contributed by atoms with E-state index >= 15 is 0 Å². The molecule has 0 radical (unpaired) electrons. The van der Waals surface area contributed by atoms with Crippen molar-refractivity contribution in [2.45, 2.75) is 39.3 Å². The van der Waals surface area contributed by atoms with Gasteiger partial charge in [-0.25, -0.2) is 9.18 Å². The van der Waals surface area contributed by atoms with Gasteiger partial charge in [0.05, 0.1) is 7.11 Å². The molecule has 0 spiro atoms. The largest absolute Gasteiger partial charge is 0.488 e. The molecule has 0 aliphatic rings. The van der Waals surface area contributed by atoms with Crippen LogP contribution < -0.4 is 10.1 Å². The van der Waals surface area contributed by atoms with E-state index in [1.807, 2.05) is 13.8 Å². The van der Waals surface area contributed by atoms with Gasteiger partial charge in [-0.15, -0.1) is 0 Å². The molecule has 1 N–H and O–H groups in total. The number of benzene rings is 1. The van der Waals surface area contributed by atoms with Crippen molar-refractivity contribution in [3.05, 3.63) is 29.6 Å². The molecule has 1 atom stereocenters. The summed E-state index contributed by atoms with van der Waals surface area (Å²) in [7, 11) is 1.32. The van der Waals surface area contributed by atoms with Crippen LogP contribution in [0.4, 0.5) is 4.39 Å². The fraction of sp³-hybridized carbons (Fsp3) is 0.533. The second-order valence-corrected chi connectivity index (χ2v) is 5.30. The van der Waals surface area contributed by atoms with Crippen molar-refractivity contribution in [2.24, 2.45) is 0 Å². The molecule has 0 heterocycles. The molecular formula is C15H22FNO3. The molecule has 4 nitrogen and oxygen atoms in total. The summed E-state index contributed by atoms with van der Waals surface area (Å²) in [5.74, 6) is -0.728. The Labute approximate surface area is 119 Å². The SMILES string of the molecule is COC(=O)C(C)(COc1cccc(C)c1F)NC(C)C. The lowest BCUT2D eigenvalue weighted by atomic mass is 10.0. The van der Waals surface area contributed by atoms with Crippen LogP contribution in [0.15, 0.2) is 18.2 Å². The predicted molar refractivity (Wildman–Crippen MR) is 75.3 cm³/mol. The van der Waals surface area contributed by atoms with Crippen LogP contribution in [0.3, 0.4) is 0 Å². The van der Waals surface area contributed by atoms with Crippen molar-refractivity contribution in [2.75, 3.05) is 13.7 Å². The van der Waals surface area contributed by atoms with Crippen LogP contribution in [-0.2, 0) is 9.53 Å². The van der Waals surface area contributed by atoms with E-state index in [4.69, 9.17) is 9.47 Å². The first-order valence-corrected chi connectivity index (χ1v) is 6.54. The number of hydrogen-bond acceptors (Lipinski definition) is 4. The average molecular weight is 283 g/mol. The number of aryl methyl sites for hydroxylation is 1. The Morgan fingerprint density at radius 3 is 2.65 bits per heavy atom. The Balaban J connectivity index is 2.86. The normalized spacial score (nSPS) is 13.9. The number of carbonyl (C=O) groups is 1. The van der Waals surface area contributed by atoms with Crippen molar-refractivity contribution < 1.29 is 18.7 Å². The number of ether oxygens (including phenoxy) is 2. The Hall–Kier alpha value is -1.62. The van der Waals surface area contributed by atoms with Gasteiger partial charge in [0.15, 0.2) is 11.6 Å². The lowest BCUT2D eigenvalue weighted by molar-refractivity contribution is -0.149. The van der Waals surface area contributed by atoms with Gasteiger partial charge in [-0.3, -0.25) is 5.32 Å². The smallest absolute Gasteiger partial charge is 0.329 e. The molecule has 20 heavy (non-hydrogen) atoms. The molecule has 0 aliphatic heterocycles. The van der Waals surface area contributed by atoms with Crippen LogP contribution in [0.1, 0.15) is 26.3 Å². The first-order chi connectivity index (χ1) is 9.30. The number of carbonyl (C=O) groups excluding carboxylic acids is 1. The third-order valence-electron chi connectivity index (χ3n) is 2.92. The van der Waals surface area contributed by atoms with Gasteiger partial charge < -0.3 is 9.47 Å². The second-order valence-electron chi connectivity index (χ2n) is 5.30. The zero-order chi connectivity index (χ0) is 15.3. The van der Waals surface area contributed by atoms with Crippen LogP contribution in [0.5, 0.6) is 5.75 Å². The molecule has 0 saturated carbocycles. The van der Waals surface area contributed by atoms with E-state index in [9.17, 15) is 9.18 Å². The zero-order valence-electron chi connectivity index (χ0n) is 12.6. The molecule has 5 heteroatoms. The quantitative estimate of drug-likeness (QED) is 0.815. The number of esters is 1. The molecule has 0 bridgehead atoms. The second kappa shape index (κ2) is 6.70. The molecule has 0 aromatic heterocycles. The molecule has 1 aromatic rings. The van der Waals surface area contributed by atoms with Crippen LogP contribution in [0.2, 0.25) is 0 Å². The van der Waals surface area contributed by atoms with E-state index in [1.54, 1.807) is 26.0 Å². The fourth-order valence-electron chi connectivity index (χ4n) is 1.98. The van der Waals surface area contributed by atoms with Gasteiger partial charge in [0.2, 0.25) is 0 Å². The molecule has 0 aliphatic carbocycles. The van der Waals surface area contributed by atoms with Crippen LogP contribution in [0, 0.1) is 12.7 Å². The van der Waals surface area contributed by atoms with Crippen molar-refractivity contribution >= 4 is 5.97 Å². The lowest BCUT2D eigenvalue weighted by Crippen LogP contribution is -2.56. The van der Waals surface area contributed by atoms with Crippen LogP contribution in [0.25, 0.3) is 0 Å². The van der Waals surface area contributed by atoms with Gasteiger partial charge in [-0.1, -0.05) is 12.1 Å². The minimum Gasteiger partial charge on any atom is -0.488 e. The minimum absolute atomic E-state index is 0.0156. The van der Waals surface area contributed by atoms with Gasteiger partial charge in [-0.2, -0.15) is 0 Å². The van der Waals surface area contributed by atoms with Gasteiger partial charge in [0, 0.05) is 6.04 Å². The molecule has 1 unspecified atom stereocenters. The van der Waals surface area contributed by atoms with Crippen molar-refractivity contribution in [3.8, 4) is 5.75 Å². The van der Waals surface area contributed by atoms with Crippen LogP contribution in [-0.4, -0.2) is 31.3 Å². The Kier molecular flexibility index (Phi) is 5.51. The summed E-state index contributed by atoms with van der Waals surface area (Å²) in [6.07, 6.45) is 0. The summed E-state index contributed by atoms with van der Waals surface area (Å²) in [4.78, 5) is 11.9. The number of hydrogen-bond donors (Lipinski definition) is 1. The van der Waals surface area contributed by atoms with E-state index in [0.717, 1.165) is 0 Å². The van der Waals surface area contributed by atoms with E-state index in [0.29, 0.717) is 5.56 Å². The maximum absolute atomic E-state index is 13.9. The predicted octanol–water partition coefficient (Wildman–Crippen LogP) is 2.44. The van der Waals surface area contributed by atoms with Crippen molar-refractivity contribution in [3.63, 3.8) is 0 Å². The first-order valence-electron chi connectivity index (χ1n) is 6.54. The van der Waals surface area contributed by atoms with Crippen molar-refractivity contribution in [1.82, 2.24) is 5.32 Å². The number of nitrogens with one attached hydrogen (secondary N) is 1. The highest BCUT2D eigenvalue weighted by Crippen LogP contribution is 2.21. The molecule has 112 valence electrons. The summed E-state index contributed by atoms with van der Waals surface area (Å²) >= 11 is 0. The highest BCUT2D eigenvalue weighted by Gasteiger charge is 2.36. The summed E-state index contributed by atoms with van der Waals surface area (Å²) in [5, 5.41) is 3.09. The summed E-state index contributed by atoms with van der Waals surface area (Å²) in [5.41, 5.74) is -0.530. The van der Waals surface area contributed by atoms with Gasteiger partial charge in [-0.05, 0) is 39.3 Å². The first kappa shape index (κ1) is 16.4.